The minimum atomic E-state index is -0.893. The molecule has 1 heterocycles. The average Bonchev–Trinajstić information content (AvgIpc) is 2.29. The van der Waals surface area contributed by atoms with Crippen molar-refractivity contribution in [2.24, 2.45) is 5.92 Å². The van der Waals surface area contributed by atoms with E-state index in [0.29, 0.717) is 12.8 Å². The summed E-state index contributed by atoms with van der Waals surface area (Å²) in [6, 6.07) is -0.893. The topological polar surface area (TPSA) is 72.9 Å². The maximum atomic E-state index is 12.1. The third kappa shape index (κ3) is 3.68. The summed E-state index contributed by atoms with van der Waals surface area (Å²) in [5, 5.41) is 0. The van der Waals surface area contributed by atoms with E-state index < -0.39 is 29.6 Å². The highest BCUT2D eigenvalue weighted by Crippen LogP contribution is 2.25. The number of nitrogens with zero attached hydrogens (tertiary/aromatic N) is 1. The molecule has 0 aromatic rings. The summed E-state index contributed by atoms with van der Waals surface area (Å²) in [6.07, 6.45) is 0.139. The molecule has 2 atom stereocenters. The predicted molar refractivity (Wildman–Crippen MR) is 67.3 cm³/mol. The number of methoxy groups -OCH3 is 1. The molecule has 0 aromatic heterocycles. The van der Waals surface area contributed by atoms with Crippen LogP contribution in [-0.4, -0.2) is 41.6 Å². The monoisotopic (exact) mass is 271 g/mol. The van der Waals surface area contributed by atoms with Gasteiger partial charge in [0.25, 0.3) is 0 Å². The SMILES string of the molecule is COC(=O)N1C(=O)C(C)CC[C@H]1C(=O)OC(C)(C)C. The zero-order valence-electron chi connectivity index (χ0n) is 12.1. The molecule has 1 aliphatic heterocycles. The largest absolute Gasteiger partial charge is 0.458 e. The lowest BCUT2D eigenvalue weighted by atomic mass is 9.93. The van der Waals surface area contributed by atoms with Crippen LogP contribution in [-0.2, 0) is 19.1 Å². The van der Waals surface area contributed by atoms with Crippen molar-refractivity contribution in [3.05, 3.63) is 0 Å². The van der Waals surface area contributed by atoms with Gasteiger partial charge in [-0.3, -0.25) is 4.79 Å². The van der Waals surface area contributed by atoms with Gasteiger partial charge in [-0.2, -0.15) is 0 Å². The normalized spacial score (nSPS) is 24.1. The Kier molecular flexibility index (Phi) is 4.55. The first-order chi connectivity index (χ1) is 8.67. The number of rotatable bonds is 1. The van der Waals surface area contributed by atoms with Gasteiger partial charge in [0.1, 0.15) is 11.6 Å². The molecule has 0 aliphatic carbocycles. The number of hydrogen-bond acceptors (Lipinski definition) is 5. The molecule has 1 unspecified atom stereocenters. The van der Waals surface area contributed by atoms with Crippen molar-refractivity contribution in [3.63, 3.8) is 0 Å². The summed E-state index contributed by atoms with van der Waals surface area (Å²) in [7, 11) is 1.18. The number of esters is 1. The minimum absolute atomic E-state index is 0.294. The van der Waals surface area contributed by atoms with Crippen molar-refractivity contribution in [2.75, 3.05) is 7.11 Å². The molecule has 19 heavy (non-hydrogen) atoms. The molecule has 1 rings (SSSR count). The van der Waals surface area contributed by atoms with E-state index in [9.17, 15) is 14.4 Å². The number of likely N-dealkylation sites (tertiary alicyclic amines) is 1. The summed E-state index contributed by atoms with van der Waals surface area (Å²) in [5.41, 5.74) is -0.662. The van der Waals surface area contributed by atoms with E-state index in [1.165, 1.54) is 7.11 Å². The van der Waals surface area contributed by atoms with Gasteiger partial charge < -0.3 is 9.47 Å². The highest BCUT2D eigenvalue weighted by Gasteiger charge is 2.43. The fourth-order valence-electron chi connectivity index (χ4n) is 1.96. The Balaban J connectivity index is 2.93. The lowest BCUT2D eigenvalue weighted by Crippen LogP contribution is -2.55. The van der Waals surface area contributed by atoms with Gasteiger partial charge in [-0.05, 0) is 33.6 Å². The number of piperidine rings is 1. The molecular formula is C13H21NO5. The Bertz CT molecular complexity index is 385. The molecule has 6 nitrogen and oxygen atoms in total. The second-order valence-electron chi connectivity index (χ2n) is 5.71. The lowest BCUT2D eigenvalue weighted by molar-refractivity contribution is -0.166. The van der Waals surface area contributed by atoms with Crippen LogP contribution < -0.4 is 0 Å². The number of carbonyl (C=O) groups is 3. The van der Waals surface area contributed by atoms with Gasteiger partial charge in [0.2, 0.25) is 5.91 Å². The standard InChI is InChI=1S/C13H21NO5/c1-8-6-7-9(11(16)19-13(2,3)4)14(10(8)15)12(17)18-5/h8-9H,6-7H2,1-5H3/t8?,9-/m0/s1. The molecule has 1 aliphatic rings. The van der Waals surface area contributed by atoms with Crippen LogP contribution in [0, 0.1) is 5.92 Å². The summed E-state index contributed by atoms with van der Waals surface area (Å²) in [5.74, 6) is -1.26. The van der Waals surface area contributed by atoms with Crippen molar-refractivity contribution in [3.8, 4) is 0 Å². The Morgan fingerprint density at radius 2 is 1.84 bits per heavy atom. The van der Waals surface area contributed by atoms with Gasteiger partial charge in [0.05, 0.1) is 7.11 Å². The Morgan fingerprint density at radius 1 is 1.26 bits per heavy atom. The van der Waals surface area contributed by atoms with E-state index >= 15 is 0 Å². The van der Waals surface area contributed by atoms with Crippen molar-refractivity contribution in [2.45, 2.75) is 52.2 Å². The molecule has 1 fully saturated rings. The van der Waals surface area contributed by atoms with Crippen LogP contribution in [0.3, 0.4) is 0 Å². The van der Waals surface area contributed by atoms with Gasteiger partial charge >= 0.3 is 12.1 Å². The average molecular weight is 271 g/mol. The van der Waals surface area contributed by atoms with Gasteiger partial charge in [0, 0.05) is 5.92 Å². The van der Waals surface area contributed by atoms with Gasteiger partial charge in [-0.1, -0.05) is 6.92 Å². The van der Waals surface area contributed by atoms with E-state index in [0.717, 1.165) is 4.90 Å². The van der Waals surface area contributed by atoms with Gasteiger partial charge in [0.15, 0.2) is 0 Å². The van der Waals surface area contributed by atoms with Crippen molar-refractivity contribution in [1.29, 1.82) is 0 Å². The third-order valence-corrected chi connectivity index (χ3v) is 2.89. The zero-order chi connectivity index (χ0) is 14.8. The van der Waals surface area contributed by atoms with Crippen LogP contribution in [0.4, 0.5) is 4.79 Å². The van der Waals surface area contributed by atoms with Gasteiger partial charge in [-0.25, -0.2) is 14.5 Å². The number of imide groups is 1. The highest BCUT2D eigenvalue weighted by atomic mass is 16.6. The Morgan fingerprint density at radius 3 is 2.32 bits per heavy atom. The first-order valence-electron chi connectivity index (χ1n) is 6.31. The van der Waals surface area contributed by atoms with E-state index in [-0.39, 0.29) is 5.92 Å². The van der Waals surface area contributed by atoms with Crippen LogP contribution in [0.1, 0.15) is 40.5 Å². The summed E-state index contributed by atoms with van der Waals surface area (Å²) in [4.78, 5) is 36.7. The van der Waals surface area contributed by atoms with E-state index in [2.05, 4.69) is 4.74 Å². The molecule has 6 heteroatoms. The van der Waals surface area contributed by atoms with Crippen LogP contribution in [0.25, 0.3) is 0 Å². The molecule has 0 spiro atoms. The fourth-order valence-corrected chi connectivity index (χ4v) is 1.96. The highest BCUT2D eigenvalue weighted by molar-refractivity contribution is 5.98. The second-order valence-corrected chi connectivity index (χ2v) is 5.71. The number of amides is 2. The first-order valence-corrected chi connectivity index (χ1v) is 6.31. The number of ether oxygens (including phenoxy) is 2. The second kappa shape index (κ2) is 5.59. The van der Waals surface area contributed by atoms with E-state index in [1.54, 1.807) is 27.7 Å². The third-order valence-electron chi connectivity index (χ3n) is 2.89. The lowest BCUT2D eigenvalue weighted by Gasteiger charge is -2.35. The molecule has 0 radical (unpaired) electrons. The van der Waals surface area contributed by atoms with Gasteiger partial charge in [-0.15, -0.1) is 0 Å². The maximum Gasteiger partial charge on any atom is 0.417 e. The Labute approximate surface area is 113 Å². The molecule has 0 aromatic carbocycles. The predicted octanol–water partition coefficient (Wildman–Crippen LogP) is 1.72. The molecule has 0 N–H and O–H groups in total. The minimum Gasteiger partial charge on any atom is -0.458 e. The molecule has 108 valence electrons. The molecular weight excluding hydrogens is 250 g/mol. The maximum absolute atomic E-state index is 12.1. The van der Waals surface area contributed by atoms with E-state index in [1.807, 2.05) is 0 Å². The summed E-state index contributed by atoms with van der Waals surface area (Å²) in [6.45, 7) is 6.94. The first kappa shape index (κ1) is 15.5. The fraction of sp³-hybridized carbons (Fsp3) is 0.769. The molecule has 1 saturated heterocycles. The van der Waals surface area contributed by atoms with Crippen LogP contribution >= 0.6 is 0 Å². The molecule has 0 bridgehead atoms. The van der Waals surface area contributed by atoms with E-state index in [4.69, 9.17) is 4.74 Å². The smallest absolute Gasteiger partial charge is 0.417 e. The number of carbonyl (C=O) groups excluding carboxylic acids is 3. The number of hydrogen-bond donors (Lipinski definition) is 0. The van der Waals surface area contributed by atoms with Crippen molar-refractivity contribution < 1.29 is 23.9 Å². The zero-order valence-corrected chi connectivity index (χ0v) is 12.1. The quantitative estimate of drug-likeness (QED) is 0.679. The molecule has 2 amide bonds. The van der Waals surface area contributed by atoms with Crippen molar-refractivity contribution in [1.82, 2.24) is 4.90 Å². The van der Waals surface area contributed by atoms with Crippen LogP contribution in [0.2, 0.25) is 0 Å². The summed E-state index contributed by atoms with van der Waals surface area (Å²) < 4.78 is 9.82. The molecule has 0 saturated carbocycles. The van der Waals surface area contributed by atoms with Crippen LogP contribution in [0.15, 0.2) is 0 Å². The Hall–Kier alpha value is -1.59. The van der Waals surface area contributed by atoms with Crippen molar-refractivity contribution >= 4 is 18.0 Å². The van der Waals surface area contributed by atoms with Crippen LogP contribution in [0.5, 0.6) is 0 Å². The summed E-state index contributed by atoms with van der Waals surface area (Å²) >= 11 is 0.